The number of pyridine rings is 1. The molecule has 0 saturated carbocycles. The van der Waals surface area contributed by atoms with Gasteiger partial charge in [0.1, 0.15) is 0 Å². The number of fused-ring (bicyclic) bond motifs is 1. The second kappa shape index (κ2) is 3.59. The molecule has 1 aromatic carbocycles. The highest BCUT2D eigenvalue weighted by molar-refractivity contribution is 5.88. The fourth-order valence-electron chi connectivity index (χ4n) is 1.91. The van der Waals surface area contributed by atoms with Crippen molar-refractivity contribution in [1.29, 1.82) is 0 Å². The van der Waals surface area contributed by atoms with Gasteiger partial charge in [-0.1, -0.05) is 17.3 Å². The van der Waals surface area contributed by atoms with Crippen LogP contribution < -0.4 is 5.73 Å². The summed E-state index contributed by atoms with van der Waals surface area (Å²) in [7, 11) is 0. The number of nitrogen functional groups attached to an aromatic ring is 1. The van der Waals surface area contributed by atoms with Gasteiger partial charge in [0.05, 0.1) is 0 Å². The Morgan fingerprint density at radius 1 is 1.18 bits per heavy atom. The van der Waals surface area contributed by atoms with Crippen LogP contribution in [0, 0.1) is 6.92 Å². The van der Waals surface area contributed by atoms with Crippen LogP contribution in [-0.2, 0) is 0 Å². The van der Waals surface area contributed by atoms with Gasteiger partial charge in [-0.3, -0.25) is 4.98 Å². The molecule has 4 heteroatoms. The second-order valence-electron chi connectivity index (χ2n) is 4.01. The lowest BCUT2D eigenvalue weighted by Crippen LogP contribution is -1.82. The van der Waals surface area contributed by atoms with Crippen molar-refractivity contribution >= 4 is 16.6 Å². The van der Waals surface area contributed by atoms with E-state index in [9.17, 15) is 0 Å². The van der Waals surface area contributed by atoms with E-state index in [4.69, 9.17) is 10.3 Å². The van der Waals surface area contributed by atoms with Gasteiger partial charge in [0, 0.05) is 29.4 Å². The van der Waals surface area contributed by atoms with E-state index in [0.717, 1.165) is 16.5 Å². The predicted molar refractivity (Wildman–Crippen MR) is 66.4 cm³/mol. The first-order valence-corrected chi connectivity index (χ1v) is 5.31. The Balaban J connectivity index is 2.20. The molecule has 0 radical (unpaired) electrons. The molecule has 84 valence electrons. The topological polar surface area (TPSA) is 64.9 Å². The van der Waals surface area contributed by atoms with E-state index in [2.05, 4.69) is 16.2 Å². The molecular formula is C13H11N3O. The van der Waals surface area contributed by atoms with Crippen LogP contribution >= 0.6 is 0 Å². The smallest absolute Gasteiger partial charge is 0.169 e. The summed E-state index contributed by atoms with van der Waals surface area (Å²) in [5, 5.41) is 5.95. The Hall–Kier alpha value is -2.36. The lowest BCUT2D eigenvalue weighted by Gasteiger charge is -2.02. The largest absolute Gasteiger partial charge is 0.381 e. The number of aromatic nitrogens is 2. The molecule has 4 nitrogen and oxygen atoms in total. The molecular weight excluding hydrogens is 214 g/mol. The van der Waals surface area contributed by atoms with Crippen LogP contribution in [0.4, 0.5) is 5.82 Å². The molecule has 0 fully saturated rings. The van der Waals surface area contributed by atoms with E-state index in [1.54, 1.807) is 6.07 Å². The molecule has 0 spiro atoms. The Kier molecular flexibility index (Phi) is 2.08. The molecule has 2 aromatic heterocycles. The van der Waals surface area contributed by atoms with Crippen LogP contribution in [0.2, 0.25) is 0 Å². The molecule has 2 N–H and O–H groups in total. The van der Waals surface area contributed by atoms with Crippen molar-refractivity contribution in [2.45, 2.75) is 6.92 Å². The number of benzene rings is 1. The summed E-state index contributed by atoms with van der Waals surface area (Å²) < 4.78 is 5.13. The van der Waals surface area contributed by atoms with E-state index in [1.165, 1.54) is 5.39 Å². The first kappa shape index (κ1) is 9.84. The summed E-state index contributed by atoms with van der Waals surface area (Å²) in [5.74, 6) is 1.06. The third-order valence-corrected chi connectivity index (χ3v) is 2.77. The van der Waals surface area contributed by atoms with E-state index in [0.29, 0.717) is 11.6 Å². The minimum Gasteiger partial charge on any atom is -0.381 e. The molecule has 3 rings (SSSR count). The van der Waals surface area contributed by atoms with Crippen LogP contribution in [0.1, 0.15) is 5.56 Å². The molecule has 0 amide bonds. The average molecular weight is 225 g/mol. The third-order valence-electron chi connectivity index (χ3n) is 2.77. The molecule has 3 aromatic rings. The maximum absolute atomic E-state index is 5.54. The van der Waals surface area contributed by atoms with Gasteiger partial charge in [-0.15, -0.1) is 0 Å². The van der Waals surface area contributed by atoms with E-state index in [1.807, 2.05) is 31.5 Å². The number of aryl methyl sites for hydroxylation is 1. The van der Waals surface area contributed by atoms with Crippen molar-refractivity contribution in [2.75, 3.05) is 5.73 Å². The molecule has 0 aliphatic rings. The number of hydrogen-bond acceptors (Lipinski definition) is 4. The molecule has 0 atom stereocenters. The lowest BCUT2D eigenvalue weighted by molar-refractivity contribution is 0.436. The predicted octanol–water partition coefficient (Wildman–Crippen LogP) is 2.78. The van der Waals surface area contributed by atoms with Crippen molar-refractivity contribution in [3.8, 4) is 11.3 Å². The molecule has 0 unspecified atom stereocenters. The normalized spacial score (nSPS) is 10.9. The van der Waals surface area contributed by atoms with E-state index in [-0.39, 0.29) is 0 Å². The van der Waals surface area contributed by atoms with Gasteiger partial charge in [0.25, 0.3) is 0 Å². The van der Waals surface area contributed by atoms with Crippen LogP contribution in [-0.4, -0.2) is 10.1 Å². The van der Waals surface area contributed by atoms with Crippen molar-refractivity contribution in [1.82, 2.24) is 10.1 Å². The van der Waals surface area contributed by atoms with Crippen LogP contribution in [0.5, 0.6) is 0 Å². The summed E-state index contributed by atoms with van der Waals surface area (Å²) in [6, 6.07) is 7.79. The van der Waals surface area contributed by atoms with Gasteiger partial charge >= 0.3 is 0 Å². The zero-order chi connectivity index (χ0) is 11.8. The summed E-state index contributed by atoms with van der Waals surface area (Å²) >= 11 is 0. The maximum Gasteiger partial charge on any atom is 0.169 e. The van der Waals surface area contributed by atoms with E-state index < -0.39 is 0 Å². The zero-order valence-corrected chi connectivity index (χ0v) is 9.34. The van der Waals surface area contributed by atoms with Gasteiger partial charge in [0.15, 0.2) is 11.6 Å². The standard InChI is InChI=1S/C13H11N3O/c1-8-6-15-7-10-4-9(2-3-11(8)10)12-5-13(14)16-17-12/h2-7H,1H3,(H2,14,16). The molecule has 0 saturated heterocycles. The fraction of sp³-hybridized carbons (Fsp3) is 0.0769. The molecule has 0 bridgehead atoms. The molecule has 0 aliphatic heterocycles. The summed E-state index contributed by atoms with van der Waals surface area (Å²) in [4.78, 5) is 4.18. The van der Waals surface area contributed by atoms with Gasteiger partial charge in [-0.2, -0.15) is 0 Å². The number of nitrogens with two attached hydrogens (primary N) is 1. The second-order valence-corrected chi connectivity index (χ2v) is 4.01. The van der Waals surface area contributed by atoms with Crippen LogP contribution in [0.3, 0.4) is 0 Å². The third kappa shape index (κ3) is 1.63. The number of rotatable bonds is 1. The number of hydrogen-bond donors (Lipinski definition) is 1. The highest BCUT2D eigenvalue weighted by Crippen LogP contribution is 2.26. The summed E-state index contributed by atoms with van der Waals surface area (Å²) in [6.07, 6.45) is 3.69. The SMILES string of the molecule is Cc1cncc2cc(-c3cc(N)no3)ccc12. The molecule has 2 heterocycles. The Labute approximate surface area is 98.1 Å². The van der Waals surface area contributed by atoms with Crippen LogP contribution in [0.15, 0.2) is 41.2 Å². The minimum atomic E-state index is 0.391. The number of nitrogens with zero attached hydrogens (tertiary/aromatic N) is 2. The van der Waals surface area contributed by atoms with Crippen molar-refractivity contribution in [2.24, 2.45) is 0 Å². The van der Waals surface area contributed by atoms with Crippen molar-refractivity contribution in [3.63, 3.8) is 0 Å². The van der Waals surface area contributed by atoms with Crippen molar-refractivity contribution < 1.29 is 4.52 Å². The van der Waals surface area contributed by atoms with Crippen molar-refractivity contribution in [3.05, 3.63) is 42.2 Å². The summed E-state index contributed by atoms with van der Waals surface area (Å²) in [6.45, 7) is 2.04. The Bertz CT molecular complexity index is 688. The van der Waals surface area contributed by atoms with Gasteiger partial charge < -0.3 is 10.3 Å². The zero-order valence-electron chi connectivity index (χ0n) is 9.34. The first-order valence-electron chi connectivity index (χ1n) is 5.31. The van der Waals surface area contributed by atoms with Gasteiger partial charge in [0.2, 0.25) is 0 Å². The fourth-order valence-corrected chi connectivity index (χ4v) is 1.91. The maximum atomic E-state index is 5.54. The Morgan fingerprint density at radius 2 is 2.06 bits per heavy atom. The van der Waals surface area contributed by atoms with Gasteiger partial charge in [-0.25, -0.2) is 0 Å². The Morgan fingerprint density at radius 3 is 2.82 bits per heavy atom. The highest BCUT2D eigenvalue weighted by Gasteiger charge is 2.06. The monoisotopic (exact) mass is 225 g/mol. The molecule has 17 heavy (non-hydrogen) atoms. The average Bonchev–Trinajstić information content (AvgIpc) is 2.76. The summed E-state index contributed by atoms with van der Waals surface area (Å²) in [5.41, 5.74) is 7.65. The first-order chi connectivity index (χ1) is 8.24. The van der Waals surface area contributed by atoms with Crippen LogP contribution in [0.25, 0.3) is 22.1 Å². The minimum absolute atomic E-state index is 0.391. The quantitative estimate of drug-likeness (QED) is 0.691. The van der Waals surface area contributed by atoms with Gasteiger partial charge in [-0.05, 0) is 23.9 Å². The lowest BCUT2D eigenvalue weighted by atomic mass is 10.0. The highest BCUT2D eigenvalue weighted by atomic mass is 16.5. The molecule has 0 aliphatic carbocycles. The number of anilines is 1. The van der Waals surface area contributed by atoms with E-state index >= 15 is 0 Å².